The van der Waals surface area contributed by atoms with Gasteiger partial charge in [0.15, 0.2) is 5.13 Å². The van der Waals surface area contributed by atoms with Crippen LogP contribution in [-0.4, -0.2) is 17.4 Å². The zero-order chi connectivity index (χ0) is 18.5. The minimum absolute atomic E-state index is 0.139. The molecule has 0 N–H and O–H groups in total. The third-order valence-electron chi connectivity index (χ3n) is 3.79. The number of hydrogen-bond donors (Lipinski definition) is 0. The highest BCUT2D eigenvalue weighted by Gasteiger charge is 2.21. The second-order valence-corrected chi connectivity index (χ2v) is 6.80. The van der Waals surface area contributed by atoms with Crippen LogP contribution in [-0.2, 0) is 11.2 Å². The van der Waals surface area contributed by atoms with Crippen LogP contribution in [0, 0.1) is 5.82 Å². The second kappa shape index (κ2) is 8.25. The molecule has 1 heterocycles. The quantitative estimate of drug-likeness (QED) is 0.534. The first-order valence-electron chi connectivity index (χ1n) is 7.95. The fraction of sp³-hybridized carbons (Fsp3) is 0.100. The predicted molar refractivity (Wildman–Crippen MR) is 105 cm³/mol. The Labute approximate surface area is 160 Å². The highest BCUT2D eigenvalue weighted by Crippen LogP contribution is 2.28. The van der Waals surface area contributed by atoms with Crippen LogP contribution in [0.3, 0.4) is 0 Å². The summed E-state index contributed by atoms with van der Waals surface area (Å²) in [5.74, 6) is -0.778. The van der Waals surface area contributed by atoms with Gasteiger partial charge >= 0.3 is 0 Å². The summed E-state index contributed by atoms with van der Waals surface area (Å²) in [6.45, 7) is 3.98. The Morgan fingerprint density at radius 1 is 1.23 bits per heavy atom. The van der Waals surface area contributed by atoms with E-state index in [2.05, 4.69) is 11.6 Å². The van der Waals surface area contributed by atoms with Crippen LogP contribution >= 0.6 is 22.9 Å². The van der Waals surface area contributed by atoms with Crippen molar-refractivity contribution in [3.05, 3.63) is 83.0 Å². The molecule has 3 nitrogen and oxygen atoms in total. The van der Waals surface area contributed by atoms with Crippen LogP contribution in [0.25, 0.3) is 11.3 Å². The Bertz CT molecular complexity index is 906. The molecule has 0 bridgehead atoms. The van der Waals surface area contributed by atoms with Gasteiger partial charge in [-0.15, -0.1) is 17.9 Å². The maximum Gasteiger partial charge on any atom is 0.233 e. The lowest BCUT2D eigenvalue weighted by Crippen LogP contribution is -2.32. The fourth-order valence-electron chi connectivity index (χ4n) is 2.49. The van der Waals surface area contributed by atoms with Crippen LogP contribution in [0.2, 0.25) is 5.02 Å². The minimum atomic E-state index is -0.492. The molecule has 2 aromatic carbocycles. The van der Waals surface area contributed by atoms with E-state index >= 15 is 0 Å². The molecule has 0 aliphatic carbocycles. The summed E-state index contributed by atoms with van der Waals surface area (Å²) in [6, 6.07) is 14.1. The van der Waals surface area contributed by atoms with Gasteiger partial charge < -0.3 is 0 Å². The first-order chi connectivity index (χ1) is 12.6. The summed E-state index contributed by atoms with van der Waals surface area (Å²) in [5, 5.41) is 2.67. The van der Waals surface area contributed by atoms with Gasteiger partial charge in [0.05, 0.1) is 12.1 Å². The molecule has 1 amide bonds. The van der Waals surface area contributed by atoms with E-state index in [0.717, 1.165) is 11.3 Å². The number of amides is 1. The fourth-order valence-corrected chi connectivity index (χ4v) is 3.58. The van der Waals surface area contributed by atoms with E-state index in [1.807, 2.05) is 35.7 Å². The number of halogens is 2. The topological polar surface area (TPSA) is 33.2 Å². The van der Waals surface area contributed by atoms with E-state index in [-0.39, 0.29) is 29.5 Å². The van der Waals surface area contributed by atoms with Crippen LogP contribution in [0.5, 0.6) is 0 Å². The van der Waals surface area contributed by atoms with Gasteiger partial charge in [-0.25, -0.2) is 9.37 Å². The summed E-state index contributed by atoms with van der Waals surface area (Å²) in [5.41, 5.74) is 1.95. The van der Waals surface area contributed by atoms with Crippen molar-refractivity contribution in [3.63, 3.8) is 0 Å². The van der Waals surface area contributed by atoms with E-state index in [4.69, 9.17) is 11.6 Å². The molecule has 0 radical (unpaired) electrons. The normalized spacial score (nSPS) is 10.5. The maximum atomic E-state index is 14.0. The van der Waals surface area contributed by atoms with Crippen LogP contribution < -0.4 is 4.90 Å². The molecule has 26 heavy (non-hydrogen) atoms. The number of carbonyl (C=O) groups excluding carboxylic acids is 1. The van der Waals surface area contributed by atoms with Crippen molar-refractivity contribution in [2.75, 3.05) is 11.4 Å². The largest absolute Gasteiger partial charge is 0.284 e. The van der Waals surface area contributed by atoms with Gasteiger partial charge in [-0.2, -0.15) is 0 Å². The van der Waals surface area contributed by atoms with Gasteiger partial charge in [-0.3, -0.25) is 9.69 Å². The third-order valence-corrected chi connectivity index (χ3v) is 5.01. The van der Waals surface area contributed by atoms with Gasteiger partial charge in [-0.1, -0.05) is 54.1 Å². The molecule has 0 aliphatic rings. The van der Waals surface area contributed by atoms with E-state index in [0.29, 0.717) is 5.13 Å². The SMILES string of the molecule is C=CCN(C(=O)Cc1c(F)cccc1Cl)c1nc(-c2ccccc2)cs1. The number of aromatic nitrogens is 1. The Morgan fingerprint density at radius 3 is 2.69 bits per heavy atom. The molecule has 3 rings (SSSR count). The Morgan fingerprint density at radius 2 is 2.00 bits per heavy atom. The monoisotopic (exact) mass is 386 g/mol. The van der Waals surface area contributed by atoms with E-state index in [9.17, 15) is 9.18 Å². The predicted octanol–water partition coefficient (Wildman–Crippen LogP) is 5.36. The maximum absolute atomic E-state index is 14.0. The lowest BCUT2D eigenvalue weighted by atomic mass is 10.1. The average molecular weight is 387 g/mol. The molecule has 6 heteroatoms. The Kier molecular flexibility index (Phi) is 5.81. The first kappa shape index (κ1) is 18.3. The van der Waals surface area contributed by atoms with E-state index < -0.39 is 5.82 Å². The summed E-state index contributed by atoms with van der Waals surface area (Å²) in [4.78, 5) is 18.8. The van der Waals surface area contributed by atoms with Crippen molar-refractivity contribution in [3.8, 4) is 11.3 Å². The minimum Gasteiger partial charge on any atom is -0.284 e. The lowest BCUT2D eigenvalue weighted by molar-refractivity contribution is -0.117. The Hall–Kier alpha value is -2.50. The van der Waals surface area contributed by atoms with Crippen LogP contribution in [0.15, 0.2) is 66.6 Å². The van der Waals surface area contributed by atoms with Crippen molar-refractivity contribution in [1.29, 1.82) is 0 Å². The Balaban J connectivity index is 1.86. The number of nitrogens with zero attached hydrogens (tertiary/aromatic N) is 2. The molecule has 132 valence electrons. The highest BCUT2D eigenvalue weighted by atomic mass is 35.5. The number of hydrogen-bond acceptors (Lipinski definition) is 3. The molecule has 0 spiro atoms. The van der Waals surface area contributed by atoms with Gasteiger partial charge in [0.1, 0.15) is 5.82 Å². The number of benzene rings is 2. The molecule has 0 unspecified atom stereocenters. The number of thiazole rings is 1. The summed E-state index contributed by atoms with van der Waals surface area (Å²) < 4.78 is 14.0. The van der Waals surface area contributed by atoms with Crippen molar-refractivity contribution < 1.29 is 9.18 Å². The van der Waals surface area contributed by atoms with Gasteiger partial charge in [0, 0.05) is 28.1 Å². The van der Waals surface area contributed by atoms with E-state index in [1.54, 1.807) is 12.1 Å². The standard InChI is InChI=1S/C20H16ClFN2OS/c1-2-11-24(19(25)12-15-16(21)9-6-10-17(15)22)20-23-18(13-26-20)14-7-4-3-5-8-14/h2-10,13H,1,11-12H2. The zero-order valence-electron chi connectivity index (χ0n) is 13.9. The summed E-state index contributed by atoms with van der Waals surface area (Å²) in [6.07, 6.45) is 1.48. The summed E-state index contributed by atoms with van der Waals surface area (Å²) in [7, 11) is 0. The lowest BCUT2D eigenvalue weighted by Gasteiger charge is -2.18. The molecular formula is C20H16ClFN2OS. The van der Waals surface area contributed by atoms with Crippen molar-refractivity contribution in [1.82, 2.24) is 4.98 Å². The van der Waals surface area contributed by atoms with Gasteiger partial charge in [0.2, 0.25) is 5.91 Å². The van der Waals surface area contributed by atoms with Crippen LogP contribution in [0.4, 0.5) is 9.52 Å². The molecule has 3 aromatic rings. The number of carbonyl (C=O) groups is 1. The molecule has 1 aromatic heterocycles. The average Bonchev–Trinajstić information content (AvgIpc) is 3.13. The zero-order valence-corrected chi connectivity index (χ0v) is 15.4. The van der Waals surface area contributed by atoms with E-state index in [1.165, 1.54) is 28.4 Å². The molecule has 0 saturated heterocycles. The molecule has 0 aliphatic heterocycles. The first-order valence-corrected chi connectivity index (χ1v) is 9.21. The molecule has 0 atom stereocenters. The second-order valence-electron chi connectivity index (χ2n) is 5.55. The smallest absolute Gasteiger partial charge is 0.233 e. The molecule has 0 fully saturated rings. The summed E-state index contributed by atoms with van der Waals surface area (Å²) >= 11 is 7.40. The van der Waals surface area contributed by atoms with Crippen molar-refractivity contribution in [2.45, 2.75) is 6.42 Å². The van der Waals surface area contributed by atoms with Gasteiger partial charge in [-0.05, 0) is 12.1 Å². The number of anilines is 1. The van der Waals surface area contributed by atoms with Crippen LogP contribution in [0.1, 0.15) is 5.56 Å². The third kappa shape index (κ3) is 4.00. The van der Waals surface area contributed by atoms with Gasteiger partial charge in [0.25, 0.3) is 0 Å². The van der Waals surface area contributed by atoms with Crippen molar-refractivity contribution >= 4 is 34.0 Å². The molecular weight excluding hydrogens is 371 g/mol. The molecule has 0 saturated carbocycles. The highest BCUT2D eigenvalue weighted by molar-refractivity contribution is 7.14. The number of rotatable bonds is 6. The van der Waals surface area contributed by atoms with Crippen molar-refractivity contribution in [2.24, 2.45) is 0 Å².